The number of nitrogens with zero attached hydrogens (tertiary/aromatic N) is 2. The second kappa shape index (κ2) is 5.48. The molecule has 15 heavy (non-hydrogen) atoms. The van der Waals surface area contributed by atoms with Gasteiger partial charge in [-0.05, 0) is 33.2 Å². The van der Waals surface area contributed by atoms with Crippen molar-refractivity contribution in [3.8, 4) is 6.07 Å². The van der Waals surface area contributed by atoms with Crippen molar-refractivity contribution < 1.29 is 0 Å². The number of likely N-dealkylation sites (tertiary alicyclic amines) is 1. The van der Waals surface area contributed by atoms with Crippen LogP contribution in [0, 0.1) is 23.2 Å². The minimum absolute atomic E-state index is 0.118. The van der Waals surface area contributed by atoms with E-state index in [1.165, 1.54) is 6.42 Å². The van der Waals surface area contributed by atoms with Gasteiger partial charge in [0.1, 0.15) is 0 Å². The molecule has 3 heteroatoms. The smallest absolute Gasteiger partial charge is 0.0666 e. The topological polar surface area (TPSA) is 39.1 Å². The van der Waals surface area contributed by atoms with E-state index in [9.17, 15) is 0 Å². The fourth-order valence-electron chi connectivity index (χ4n) is 2.20. The molecule has 4 unspecified atom stereocenters. The van der Waals surface area contributed by atoms with E-state index in [0.717, 1.165) is 13.1 Å². The standard InChI is InChI=1S/C12H23N3/c1-9(6-13)7-14-12-5-11(3)15(4)8-10(12)2/h9-12,14H,5,7-8H2,1-4H3. The van der Waals surface area contributed by atoms with E-state index in [4.69, 9.17) is 5.26 Å². The maximum Gasteiger partial charge on any atom is 0.0666 e. The van der Waals surface area contributed by atoms with Crippen LogP contribution < -0.4 is 5.32 Å². The maximum absolute atomic E-state index is 8.73. The molecule has 0 spiro atoms. The fourth-order valence-corrected chi connectivity index (χ4v) is 2.20. The first-order valence-corrected chi connectivity index (χ1v) is 5.87. The molecule has 1 rings (SSSR count). The molecule has 1 aliphatic heterocycles. The van der Waals surface area contributed by atoms with Crippen molar-refractivity contribution in [2.45, 2.75) is 39.3 Å². The monoisotopic (exact) mass is 209 g/mol. The lowest BCUT2D eigenvalue weighted by atomic mass is 9.89. The van der Waals surface area contributed by atoms with Crippen molar-refractivity contribution in [1.82, 2.24) is 10.2 Å². The lowest BCUT2D eigenvalue weighted by Crippen LogP contribution is -2.51. The van der Waals surface area contributed by atoms with Gasteiger partial charge in [0, 0.05) is 25.2 Å². The van der Waals surface area contributed by atoms with Crippen LogP contribution in [0.25, 0.3) is 0 Å². The van der Waals surface area contributed by atoms with Crippen molar-refractivity contribution in [1.29, 1.82) is 5.26 Å². The SMILES string of the molecule is CC(C#N)CNC1CC(C)N(C)CC1C. The van der Waals surface area contributed by atoms with Crippen molar-refractivity contribution in [3.63, 3.8) is 0 Å². The van der Waals surface area contributed by atoms with E-state index in [-0.39, 0.29) is 5.92 Å². The predicted molar refractivity (Wildman–Crippen MR) is 62.4 cm³/mol. The molecule has 0 aliphatic carbocycles. The summed E-state index contributed by atoms with van der Waals surface area (Å²) in [6.07, 6.45) is 1.19. The van der Waals surface area contributed by atoms with Crippen LogP contribution in [-0.4, -0.2) is 37.1 Å². The fraction of sp³-hybridized carbons (Fsp3) is 0.917. The van der Waals surface area contributed by atoms with Crippen molar-refractivity contribution >= 4 is 0 Å². The molecule has 1 saturated heterocycles. The van der Waals surface area contributed by atoms with Crippen LogP contribution in [0.15, 0.2) is 0 Å². The van der Waals surface area contributed by atoms with E-state index >= 15 is 0 Å². The van der Waals surface area contributed by atoms with Crippen LogP contribution in [0.5, 0.6) is 0 Å². The zero-order chi connectivity index (χ0) is 11.4. The number of nitriles is 1. The molecule has 1 N–H and O–H groups in total. The Kier molecular flexibility index (Phi) is 4.56. The average Bonchev–Trinajstić information content (AvgIpc) is 2.21. The van der Waals surface area contributed by atoms with Crippen molar-refractivity contribution in [2.24, 2.45) is 11.8 Å². The Hall–Kier alpha value is -0.590. The summed E-state index contributed by atoms with van der Waals surface area (Å²) >= 11 is 0. The largest absolute Gasteiger partial charge is 0.312 e. The van der Waals surface area contributed by atoms with Crippen LogP contribution in [0.4, 0.5) is 0 Å². The van der Waals surface area contributed by atoms with Gasteiger partial charge in [-0.15, -0.1) is 0 Å². The van der Waals surface area contributed by atoms with Gasteiger partial charge in [0.2, 0.25) is 0 Å². The number of hydrogen-bond donors (Lipinski definition) is 1. The van der Waals surface area contributed by atoms with Crippen LogP contribution in [-0.2, 0) is 0 Å². The molecule has 3 nitrogen and oxygen atoms in total. The summed E-state index contributed by atoms with van der Waals surface area (Å²) in [6, 6.07) is 3.49. The summed E-state index contributed by atoms with van der Waals surface area (Å²) in [7, 11) is 2.19. The Bertz CT molecular complexity index is 234. The van der Waals surface area contributed by atoms with E-state index < -0.39 is 0 Å². The molecular weight excluding hydrogens is 186 g/mol. The molecule has 1 heterocycles. The highest BCUT2D eigenvalue weighted by Crippen LogP contribution is 2.20. The van der Waals surface area contributed by atoms with Gasteiger partial charge in [0.05, 0.1) is 12.0 Å². The van der Waals surface area contributed by atoms with Gasteiger partial charge < -0.3 is 10.2 Å². The molecule has 0 bridgehead atoms. The third kappa shape index (κ3) is 3.48. The molecular formula is C12H23N3. The Balaban J connectivity index is 2.38. The lowest BCUT2D eigenvalue weighted by molar-refractivity contribution is 0.121. The molecule has 0 saturated carbocycles. The summed E-state index contributed by atoms with van der Waals surface area (Å²) in [4.78, 5) is 2.41. The van der Waals surface area contributed by atoms with Gasteiger partial charge in [-0.2, -0.15) is 5.26 Å². The van der Waals surface area contributed by atoms with E-state index in [1.807, 2.05) is 6.92 Å². The summed E-state index contributed by atoms with van der Waals surface area (Å²) in [5, 5.41) is 12.2. The second-order valence-corrected chi connectivity index (χ2v) is 5.05. The van der Waals surface area contributed by atoms with Gasteiger partial charge in [-0.1, -0.05) is 6.92 Å². The van der Waals surface area contributed by atoms with Crippen LogP contribution >= 0.6 is 0 Å². The minimum Gasteiger partial charge on any atom is -0.312 e. The molecule has 0 radical (unpaired) electrons. The highest BCUT2D eigenvalue weighted by Gasteiger charge is 2.28. The van der Waals surface area contributed by atoms with Gasteiger partial charge in [0.15, 0.2) is 0 Å². The van der Waals surface area contributed by atoms with Crippen molar-refractivity contribution in [3.05, 3.63) is 0 Å². The quantitative estimate of drug-likeness (QED) is 0.765. The molecule has 0 aromatic carbocycles. The Morgan fingerprint density at radius 2 is 2.20 bits per heavy atom. The lowest BCUT2D eigenvalue weighted by Gasteiger charge is -2.40. The van der Waals surface area contributed by atoms with Crippen molar-refractivity contribution in [2.75, 3.05) is 20.1 Å². The molecule has 86 valence electrons. The number of hydrogen-bond acceptors (Lipinski definition) is 3. The zero-order valence-corrected chi connectivity index (χ0v) is 10.3. The first kappa shape index (κ1) is 12.5. The molecule has 0 aromatic heterocycles. The third-order valence-electron chi connectivity index (χ3n) is 3.52. The van der Waals surface area contributed by atoms with Crippen LogP contribution in [0.1, 0.15) is 27.2 Å². The first-order valence-electron chi connectivity index (χ1n) is 5.87. The summed E-state index contributed by atoms with van der Waals surface area (Å²) < 4.78 is 0. The molecule has 4 atom stereocenters. The summed E-state index contributed by atoms with van der Waals surface area (Å²) in [5.41, 5.74) is 0. The van der Waals surface area contributed by atoms with E-state index in [2.05, 4.69) is 37.2 Å². The average molecular weight is 209 g/mol. The number of rotatable bonds is 3. The van der Waals surface area contributed by atoms with Gasteiger partial charge in [-0.3, -0.25) is 0 Å². The molecule has 1 fully saturated rings. The summed E-state index contributed by atoms with van der Waals surface area (Å²) in [6.45, 7) is 8.50. The number of nitrogens with one attached hydrogen (secondary N) is 1. The highest BCUT2D eigenvalue weighted by atomic mass is 15.2. The van der Waals surface area contributed by atoms with Crippen LogP contribution in [0.3, 0.4) is 0 Å². The zero-order valence-electron chi connectivity index (χ0n) is 10.3. The Morgan fingerprint density at radius 1 is 1.53 bits per heavy atom. The molecule has 0 aromatic rings. The first-order chi connectivity index (χ1) is 7.04. The van der Waals surface area contributed by atoms with Gasteiger partial charge >= 0.3 is 0 Å². The minimum atomic E-state index is 0.118. The summed E-state index contributed by atoms with van der Waals surface area (Å²) in [5.74, 6) is 0.796. The molecule has 1 aliphatic rings. The van der Waals surface area contributed by atoms with Crippen LogP contribution in [0.2, 0.25) is 0 Å². The Morgan fingerprint density at radius 3 is 2.80 bits per heavy atom. The van der Waals surface area contributed by atoms with E-state index in [1.54, 1.807) is 0 Å². The second-order valence-electron chi connectivity index (χ2n) is 5.05. The normalized spacial score (nSPS) is 34.7. The Labute approximate surface area is 93.5 Å². The molecule has 0 amide bonds. The highest BCUT2D eigenvalue weighted by molar-refractivity contribution is 4.88. The number of piperidine rings is 1. The predicted octanol–water partition coefficient (Wildman–Crippen LogP) is 1.46. The third-order valence-corrected chi connectivity index (χ3v) is 3.52. The van der Waals surface area contributed by atoms with E-state index in [0.29, 0.717) is 18.0 Å². The maximum atomic E-state index is 8.73. The van der Waals surface area contributed by atoms with Gasteiger partial charge in [0.25, 0.3) is 0 Å². The van der Waals surface area contributed by atoms with Gasteiger partial charge in [-0.25, -0.2) is 0 Å².